The maximum absolute atomic E-state index is 6.54. The summed E-state index contributed by atoms with van der Waals surface area (Å²) in [6.45, 7) is 4.20. The van der Waals surface area contributed by atoms with E-state index in [9.17, 15) is 0 Å². The van der Waals surface area contributed by atoms with Crippen molar-refractivity contribution in [2.75, 3.05) is 13.2 Å². The van der Waals surface area contributed by atoms with Crippen molar-refractivity contribution in [3.63, 3.8) is 0 Å². The van der Waals surface area contributed by atoms with Gasteiger partial charge < -0.3 is 23.3 Å². The highest BCUT2D eigenvalue weighted by molar-refractivity contribution is 6.35. The molecule has 9 heteroatoms. The van der Waals surface area contributed by atoms with Gasteiger partial charge in [0.2, 0.25) is 5.79 Å². The van der Waals surface area contributed by atoms with E-state index in [1.165, 1.54) is 0 Å². The third-order valence-electron chi connectivity index (χ3n) is 5.85. The monoisotopic (exact) mass is 512 g/mol. The fourth-order valence-corrected chi connectivity index (χ4v) is 4.73. The number of halogens is 2. The molecule has 2 aromatic carbocycles. The standard InChI is InChI=1S/C26H26Cl2N4O3/c1-2-10-31-13-25(30-18-31)19-3-6-21(7-4-19)33-14-22-15-34-26(35-22,16-32-11-9-29-17-32)23-8-5-20(27)12-24(23)28/h3-9,11-13,17-18,22H,2,10,14-16H2,1H3. The second kappa shape index (κ2) is 10.4. The van der Waals surface area contributed by atoms with E-state index in [2.05, 4.69) is 27.7 Å². The molecule has 0 bridgehead atoms. The lowest BCUT2D eigenvalue weighted by molar-refractivity contribution is -0.189. The van der Waals surface area contributed by atoms with Gasteiger partial charge in [-0.3, -0.25) is 0 Å². The normalized spacial score (nSPS) is 19.8. The van der Waals surface area contributed by atoms with Crippen molar-refractivity contribution in [3.05, 3.63) is 89.3 Å². The number of aromatic nitrogens is 4. The summed E-state index contributed by atoms with van der Waals surface area (Å²) in [5.74, 6) is -0.320. The van der Waals surface area contributed by atoms with Crippen LogP contribution in [0.1, 0.15) is 18.9 Å². The van der Waals surface area contributed by atoms with Gasteiger partial charge >= 0.3 is 0 Å². The van der Waals surface area contributed by atoms with Crippen LogP contribution in [-0.4, -0.2) is 38.4 Å². The van der Waals surface area contributed by atoms with Gasteiger partial charge in [-0.05, 0) is 42.8 Å². The van der Waals surface area contributed by atoms with Gasteiger partial charge in [0, 0.05) is 41.3 Å². The molecule has 2 unspecified atom stereocenters. The van der Waals surface area contributed by atoms with Crippen LogP contribution < -0.4 is 4.74 Å². The lowest BCUT2D eigenvalue weighted by Crippen LogP contribution is -2.34. The molecule has 35 heavy (non-hydrogen) atoms. The molecule has 3 heterocycles. The quantitative estimate of drug-likeness (QED) is 0.283. The number of rotatable bonds is 9. The fourth-order valence-electron chi connectivity index (χ4n) is 4.18. The van der Waals surface area contributed by atoms with Crippen LogP contribution in [0, 0.1) is 0 Å². The largest absolute Gasteiger partial charge is 0.491 e. The van der Waals surface area contributed by atoms with Gasteiger partial charge in [0.05, 0.1) is 36.5 Å². The molecule has 1 fully saturated rings. The smallest absolute Gasteiger partial charge is 0.215 e. The van der Waals surface area contributed by atoms with Gasteiger partial charge in [0.25, 0.3) is 0 Å². The van der Waals surface area contributed by atoms with Crippen LogP contribution in [0.4, 0.5) is 0 Å². The first-order valence-corrected chi connectivity index (χ1v) is 12.3. The van der Waals surface area contributed by atoms with Gasteiger partial charge in [0.15, 0.2) is 0 Å². The van der Waals surface area contributed by atoms with Crippen molar-refractivity contribution < 1.29 is 14.2 Å². The van der Waals surface area contributed by atoms with E-state index < -0.39 is 5.79 Å². The minimum Gasteiger partial charge on any atom is -0.491 e. The van der Waals surface area contributed by atoms with Crippen LogP contribution >= 0.6 is 23.2 Å². The van der Waals surface area contributed by atoms with E-state index in [1.807, 2.05) is 47.4 Å². The Morgan fingerprint density at radius 1 is 1.11 bits per heavy atom. The third kappa shape index (κ3) is 5.38. The Kier molecular flexibility index (Phi) is 7.11. The van der Waals surface area contributed by atoms with Gasteiger partial charge in [-0.2, -0.15) is 0 Å². The number of nitrogens with zero attached hydrogens (tertiary/aromatic N) is 4. The zero-order valence-corrected chi connectivity index (χ0v) is 20.8. The topological polar surface area (TPSA) is 63.3 Å². The molecule has 1 saturated heterocycles. The molecule has 1 aliphatic rings. The van der Waals surface area contributed by atoms with E-state index in [0.29, 0.717) is 35.4 Å². The van der Waals surface area contributed by atoms with E-state index >= 15 is 0 Å². The molecule has 0 aliphatic carbocycles. The van der Waals surface area contributed by atoms with Gasteiger partial charge in [-0.25, -0.2) is 9.97 Å². The molecule has 0 amide bonds. The average Bonchev–Trinajstić information content (AvgIpc) is 3.61. The molecule has 5 rings (SSSR count). The Morgan fingerprint density at radius 2 is 1.97 bits per heavy atom. The molecule has 0 N–H and O–H groups in total. The predicted octanol–water partition coefficient (Wildman–Crippen LogP) is 5.81. The van der Waals surface area contributed by atoms with Crippen molar-refractivity contribution in [3.8, 4) is 17.0 Å². The van der Waals surface area contributed by atoms with Crippen LogP contribution in [0.3, 0.4) is 0 Å². The first kappa shape index (κ1) is 23.9. The molecule has 0 saturated carbocycles. The average molecular weight is 513 g/mol. The summed E-state index contributed by atoms with van der Waals surface area (Å²) < 4.78 is 22.7. The summed E-state index contributed by atoms with van der Waals surface area (Å²) in [6.07, 6.45) is 10.0. The summed E-state index contributed by atoms with van der Waals surface area (Å²) in [5.41, 5.74) is 2.71. The maximum Gasteiger partial charge on any atom is 0.215 e. The van der Waals surface area contributed by atoms with Crippen molar-refractivity contribution in [2.24, 2.45) is 0 Å². The molecule has 2 atom stereocenters. The lowest BCUT2D eigenvalue weighted by atomic mass is 10.1. The minimum absolute atomic E-state index is 0.283. The number of imidazole rings is 2. The molecule has 0 radical (unpaired) electrons. The zero-order chi connectivity index (χ0) is 24.3. The second-order valence-electron chi connectivity index (χ2n) is 8.50. The summed E-state index contributed by atoms with van der Waals surface area (Å²) in [4.78, 5) is 8.62. The SMILES string of the molecule is CCCn1cnc(-c2ccc(OCC3COC(Cn4ccnc4)(c4ccc(Cl)cc4Cl)O3)cc2)c1. The molecule has 4 aromatic rings. The minimum atomic E-state index is -1.07. The molecule has 1 aliphatic heterocycles. The molecule has 7 nitrogen and oxygen atoms in total. The number of hydrogen-bond acceptors (Lipinski definition) is 5. The Bertz CT molecular complexity index is 1260. The summed E-state index contributed by atoms with van der Waals surface area (Å²) in [5, 5.41) is 1.03. The highest BCUT2D eigenvalue weighted by Crippen LogP contribution is 2.40. The summed E-state index contributed by atoms with van der Waals surface area (Å²) >= 11 is 12.7. The van der Waals surface area contributed by atoms with E-state index in [1.54, 1.807) is 24.7 Å². The highest BCUT2D eigenvalue weighted by Gasteiger charge is 2.45. The Morgan fingerprint density at radius 3 is 2.71 bits per heavy atom. The van der Waals surface area contributed by atoms with Crippen LogP contribution in [0.25, 0.3) is 11.3 Å². The van der Waals surface area contributed by atoms with Gasteiger partial charge in [-0.15, -0.1) is 0 Å². The van der Waals surface area contributed by atoms with Crippen molar-refractivity contribution in [1.82, 2.24) is 19.1 Å². The second-order valence-corrected chi connectivity index (χ2v) is 9.34. The van der Waals surface area contributed by atoms with Crippen molar-refractivity contribution in [1.29, 1.82) is 0 Å². The first-order valence-electron chi connectivity index (χ1n) is 11.5. The van der Waals surface area contributed by atoms with Crippen LogP contribution in [0.5, 0.6) is 5.75 Å². The van der Waals surface area contributed by atoms with Crippen LogP contribution in [0.2, 0.25) is 10.0 Å². The Hall–Kier alpha value is -2.84. The van der Waals surface area contributed by atoms with Gasteiger partial charge in [0.1, 0.15) is 18.5 Å². The first-order chi connectivity index (χ1) is 17.0. The van der Waals surface area contributed by atoms with Crippen molar-refractivity contribution >= 4 is 23.2 Å². The maximum atomic E-state index is 6.54. The molecular weight excluding hydrogens is 487 g/mol. The summed E-state index contributed by atoms with van der Waals surface area (Å²) in [7, 11) is 0. The van der Waals surface area contributed by atoms with E-state index in [0.717, 1.165) is 30.0 Å². The van der Waals surface area contributed by atoms with Crippen LogP contribution in [-0.2, 0) is 28.4 Å². The van der Waals surface area contributed by atoms with E-state index in [4.69, 9.17) is 37.4 Å². The fraction of sp³-hybridized carbons (Fsp3) is 0.308. The van der Waals surface area contributed by atoms with Gasteiger partial charge in [-0.1, -0.05) is 36.2 Å². The molecular formula is C26H26Cl2N4O3. The number of hydrogen-bond donors (Lipinski definition) is 0. The summed E-state index contributed by atoms with van der Waals surface area (Å²) in [6, 6.07) is 13.2. The zero-order valence-electron chi connectivity index (χ0n) is 19.3. The third-order valence-corrected chi connectivity index (χ3v) is 6.40. The van der Waals surface area contributed by atoms with E-state index in [-0.39, 0.29) is 6.10 Å². The predicted molar refractivity (Wildman–Crippen MR) is 135 cm³/mol. The highest BCUT2D eigenvalue weighted by atomic mass is 35.5. The number of ether oxygens (including phenoxy) is 3. The number of aryl methyl sites for hydroxylation is 1. The molecule has 182 valence electrons. The van der Waals surface area contributed by atoms with Crippen molar-refractivity contribution in [2.45, 2.75) is 38.3 Å². The Balaban J connectivity index is 1.26. The molecule has 0 spiro atoms. The lowest BCUT2D eigenvalue weighted by Gasteiger charge is -2.30. The molecule has 2 aromatic heterocycles. The Labute approximate surface area is 214 Å². The number of benzene rings is 2. The van der Waals surface area contributed by atoms with Crippen LogP contribution in [0.15, 0.2) is 73.7 Å².